The Kier molecular flexibility index (Phi) is 7.08. The zero-order valence-electron chi connectivity index (χ0n) is 16.5. The number of ether oxygens (including phenoxy) is 2. The summed E-state index contributed by atoms with van der Waals surface area (Å²) in [5.41, 5.74) is 2.84. The number of methoxy groups -OCH3 is 1. The molecule has 0 spiro atoms. The highest BCUT2D eigenvalue weighted by Crippen LogP contribution is 2.36. The van der Waals surface area contributed by atoms with Crippen LogP contribution < -0.4 is 9.47 Å². The highest BCUT2D eigenvalue weighted by Gasteiger charge is 2.11. The summed E-state index contributed by atoms with van der Waals surface area (Å²) >= 11 is 6.24. The number of hydrogen-bond donors (Lipinski definition) is 0. The van der Waals surface area contributed by atoms with E-state index >= 15 is 0 Å². The largest absolute Gasteiger partial charge is 0.493 e. The predicted molar refractivity (Wildman–Crippen MR) is 111 cm³/mol. The van der Waals surface area contributed by atoms with Crippen molar-refractivity contribution in [2.75, 3.05) is 13.7 Å². The van der Waals surface area contributed by atoms with E-state index in [1.54, 1.807) is 19.2 Å². The van der Waals surface area contributed by atoms with Crippen LogP contribution in [0.4, 0.5) is 0 Å². The average Bonchev–Trinajstić information content (AvgIpc) is 3.22. The van der Waals surface area contributed by atoms with Gasteiger partial charge in [0, 0.05) is 11.1 Å². The van der Waals surface area contributed by atoms with Crippen LogP contribution in [0.3, 0.4) is 0 Å². The van der Waals surface area contributed by atoms with Crippen molar-refractivity contribution < 1.29 is 18.8 Å². The molecular formula is C21H22ClN3O4. The first-order valence-electron chi connectivity index (χ1n) is 9.22. The Morgan fingerprint density at radius 1 is 1.17 bits per heavy atom. The Morgan fingerprint density at radius 2 is 1.97 bits per heavy atom. The van der Waals surface area contributed by atoms with Crippen LogP contribution >= 0.6 is 11.6 Å². The van der Waals surface area contributed by atoms with Crippen molar-refractivity contribution in [2.24, 2.45) is 5.16 Å². The van der Waals surface area contributed by atoms with Gasteiger partial charge < -0.3 is 18.8 Å². The van der Waals surface area contributed by atoms with Gasteiger partial charge in [-0.15, -0.1) is 0 Å². The fraction of sp³-hybridized carbons (Fsp3) is 0.286. The Morgan fingerprint density at radius 3 is 2.66 bits per heavy atom. The molecule has 3 rings (SSSR count). The topological polar surface area (TPSA) is 79.0 Å². The number of nitrogens with zero attached hydrogens (tertiary/aromatic N) is 3. The van der Waals surface area contributed by atoms with Gasteiger partial charge in [-0.25, -0.2) is 0 Å². The molecule has 0 saturated carbocycles. The van der Waals surface area contributed by atoms with Crippen LogP contribution in [-0.4, -0.2) is 30.1 Å². The minimum absolute atomic E-state index is 0.0540. The Balaban J connectivity index is 1.60. The smallest absolute Gasteiger partial charge is 0.267 e. The maximum absolute atomic E-state index is 6.24. The number of rotatable bonds is 9. The third kappa shape index (κ3) is 5.26. The second-order valence-electron chi connectivity index (χ2n) is 6.04. The van der Waals surface area contributed by atoms with Crippen LogP contribution in [0.15, 0.2) is 46.1 Å². The standard InChI is InChI=1S/C21H22ClN3O4/c1-4-14-6-8-16(9-7-14)21-24-19(29-25-21)13-28-23-12-15-10-17(22)20(27-5-2)18(11-15)26-3/h6-12H,4-5,13H2,1-3H3/b23-12-. The van der Waals surface area contributed by atoms with E-state index < -0.39 is 0 Å². The van der Waals surface area contributed by atoms with Crippen molar-refractivity contribution in [1.29, 1.82) is 0 Å². The van der Waals surface area contributed by atoms with Gasteiger partial charge in [0.15, 0.2) is 18.1 Å². The van der Waals surface area contributed by atoms with E-state index in [1.165, 1.54) is 11.8 Å². The Labute approximate surface area is 174 Å². The van der Waals surface area contributed by atoms with E-state index in [-0.39, 0.29) is 6.61 Å². The molecule has 0 bridgehead atoms. The summed E-state index contributed by atoms with van der Waals surface area (Å²) < 4.78 is 16.0. The van der Waals surface area contributed by atoms with Gasteiger partial charge in [-0.05, 0) is 31.0 Å². The first-order chi connectivity index (χ1) is 14.1. The van der Waals surface area contributed by atoms with Crippen LogP contribution in [0.2, 0.25) is 5.02 Å². The van der Waals surface area contributed by atoms with E-state index in [0.717, 1.165) is 12.0 Å². The highest BCUT2D eigenvalue weighted by molar-refractivity contribution is 6.32. The van der Waals surface area contributed by atoms with E-state index in [2.05, 4.69) is 22.2 Å². The zero-order chi connectivity index (χ0) is 20.6. The second kappa shape index (κ2) is 9.93. The lowest BCUT2D eigenvalue weighted by Gasteiger charge is -2.11. The molecule has 0 aliphatic carbocycles. The number of benzene rings is 2. The molecule has 8 heteroatoms. The van der Waals surface area contributed by atoms with Crippen molar-refractivity contribution in [3.8, 4) is 22.9 Å². The Hall–Kier alpha value is -3.06. The molecule has 7 nitrogen and oxygen atoms in total. The summed E-state index contributed by atoms with van der Waals surface area (Å²) in [6.45, 7) is 4.53. The molecule has 1 aromatic heterocycles. The first-order valence-corrected chi connectivity index (χ1v) is 9.60. The van der Waals surface area contributed by atoms with Gasteiger partial charge in [-0.2, -0.15) is 4.98 Å². The van der Waals surface area contributed by atoms with Crippen molar-refractivity contribution in [2.45, 2.75) is 26.9 Å². The number of hydrogen-bond acceptors (Lipinski definition) is 7. The number of halogens is 1. The predicted octanol–water partition coefficient (Wildman–Crippen LogP) is 4.91. The summed E-state index contributed by atoms with van der Waals surface area (Å²) in [5, 5.41) is 8.33. The fourth-order valence-electron chi connectivity index (χ4n) is 2.61. The molecule has 3 aromatic rings. The number of aryl methyl sites for hydroxylation is 1. The van der Waals surface area contributed by atoms with Crippen molar-refractivity contribution in [1.82, 2.24) is 10.1 Å². The number of oxime groups is 1. The normalized spacial score (nSPS) is 11.0. The van der Waals surface area contributed by atoms with Crippen molar-refractivity contribution in [3.63, 3.8) is 0 Å². The van der Waals surface area contributed by atoms with Crippen LogP contribution in [0.5, 0.6) is 11.5 Å². The molecule has 29 heavy (non-hydrogen) atoms. The lowest BCUT2D eigenvalue weighted by Crippen LogP contribution is -1.97. The van der Waals surface area contributed by atoms with E-state index in [4.69, 9.17) is 30.4 Å². The molecule has 0 N–H and O–H groups in total. The van der Waals surface area contributed by atoms with Crippen LogP contribution in [0.1, 0.15) is 30.9 Å². The Bertz CT molecular complexity index is 971. The van der Waals surface area contributed by atoms with Gasteiger partial charge in [0.2, 0.25) is 5.82 Å². The summed E-state index contributed by atoms with van der Waals surface area (Å²) in [7, 11) is 1.55. The molecule has 0 amide bonds. The molecule has 2 aromatic carbocycles. The summed E-state index contributed by atoms with van der Waals surface area (Å²) in [6.07, 6.45) is 2.50. The molecule has 1 heterocycles. The molecule has 0 atom stereocenters. The van der Waals surface area contributed by atoms with Crippen molar-refractivity contribution >= 4 is 17.8 Å². The monoisotopic (exact) mass is 415 g/mol. The van der Waals surface area contributed by atoms with Crippen molar-refractivity contribution in [3.05, 3.63) is 58.4 Å². The molecule has 0 fully saturated rings. The molecule has 0 unspecified atom stereocenters. The summed E-state index contributed by atoms with van der Waals surface area (Å²) in [5.74, 6) is 1.87. The molecule has 152 valence electrons. The van der Waals surface area contributed by atoms with Gasteiger partial charge in [0.05, 0.1) is 25.0 Å². The van der Waals surface area contributed by atoms with Gasteiger partial charge in [0.25, 0.3) is 5.89 Å². The molecule has 0 saturated heterocycles. The fourth-order valence-corrected chi connectivity index (χ4v) is 2.88. The maximum Gasteiger partial charge on any atom is 0.267 e. The van der Waals surface area contributed by atoms with Crippen LogP contribution in [-0.2, 0) is 17.9 Å². The van der Waals surface area contributed by atoms with E-state index in [9.17, 15) is 0 Å². The molecule has 0 radical (unpaired) electrons. The first kappa shape index (κ1) is 20.7. The minimum atomic E-state index is 0.0540. The van der Waals surface area contributed by atoms with E-state index in [1.807, 2.05) is 31.2 Å². The maximum atomic E-state index is 6.24. The second-order valence-corrected chi connectivity index (χ2v) is 6.44. The SMILES string of the molecule is CCOc1c(Cl)cc(/C=N\OCc2nc(-c3ccc(CC)cc3)no2)cc1OC. The van der Waals surface area contributed by atoms with Gasteiger partial charge in [-0.3, -0.25) is 0 Å². The molecule has 0 aliphatic heterocycles. The third-order valence-corrected chi connectivity index (χ3v) is 4.37. The minimum Gasteiger partial charge on any atom is -0.493 e. The van der Waals surface area contributed by atoms with E-state index in [0.29, 0.717) is 40.4 Å². The lowest BCUT2D eigenvalue weighted by atomic mass is 10.1. The quantitative estimate of drug-likeness (QED) is 0.365. The van der Waals surface area contributed by atoms with Gasteiger partial charge >= 0.3 is 0 Å². The zero-order valence-corrected chi connectivity index (χ0v) is 17.3. The number of aromatic nitrogens is 2. The summed E-state index contributed by atoms with van der Waals surface area (Å²) in [6, 6.07) is 11.5. The van der Waals surface area contributed by atoms with Gasteiger partial charge in [-0.1, -0.05) is 53.1 Å². The summed E-state index contributed by atoms with van der Waals surface area (Å²) in [4.78, 5) is 9.58. The molecular weight excluding hydrogens is 394 g/mol. The molecule has 0 aliphatic rings. The van der Waals surface area contributed by atoms with Crippen LogP contribution in [0, 0.1) is 0 Å². The lowest BCUT2D eigenvalue weighted by molar-refractivity contribution is 0.107. The van der Waals surface area contributed by atoms with Crippen LogP contribution in [0.25, 0.3) is 11.4 Å². The van der Waals surface area contributed by atoms with Gasteiger partial charge in [0.1, 0.15) is 0 Å². The highest BCUT2D eigenvalue weighted by atomic mass is 35.5. The third-order valence-electron chi connectivity index (χ3n) is 4.09. The average molecular weight is 416 g/mol.